The van der Waals surface area contributed by atoms with Gasteiger partial charge in [-0.05, 0) is 42.9 Å². The molecule has 7 nitrogen and oxygen atoms in total. The number of urea groups is 1. The van der Waals surface area contributed by atoms with Gasteiger partial charge in [-0.3, -0.25) is 0 Å². The third-order valence-corrected chi connectivity index (χ3v) is 5.54. The summed E-state index contributed by atoms with van der Waals surface area (Å²) >= 11 is 0. The molecular formula is C22H28N2O5. The average Bonchev–Trinajstić information content (AvgIpc) is 2.77. The van der Waals surface area contributed by atoms with Gasteiger partial charge in [0.1, 0.15) is 0 Å². The zero-order valence-electron chi connectivity index (χ0n) is 17.0. The Hall–Kier alpha value is -2.83. The topological polar surface area (TPSA) is 93.7 Å². The number of allylic oxidation sites excluding steroid dienone is 1. The van der Waals surface area contributed by atoms with Gasteiger partial charge in [-0.1, -0.05) is 38.3 Å². The molecule has 2 N–H and O–H groups in total. The van der Waals surface area contributed by atoms with Crippen molar-refractivity contribution >= 4 is 18.0 Å². The van der Waals surface area contributed by atoms with Gasteiger partial charge in [-0.2, -0.15) is 0 Å². The summed E-state index contributed by atoms with van der Waals surface area (Å²) < 4.78 is 10.4. The summed E-state index contributed by atoms with van der Waals surface area (Å²) in [6.07, 6.45) is 6.22. The van der Waals surface area contributed by atoms with Gasteiger partial charge < -0.3 is 20.1 Å². The lowest BCUT2D eigenvalue weighted by molar-refractivity contribution is -0.141. The van der Waals surface area contributed by atoms with Crippen LogP contribution in [0, 0.1) is 5.92 Å². The van der Waals surface area contributed by atoms with E-state index in [4.69, 9.17) is 9.47 Å². The second kappa shape index (κ2) is 9.58. The Bertz CT molecular complexity index is 811. The van der Waals surface area contributed by atoms with E-state index in [1.807, 2.05) is 6.92 Å². The number of carbonyl (C=O) groups is 3. The number of amides is 2. The fraction of sp³-hybridized carbons (Fsp3) is 0.500. The standard InChI is InChI=1S/C22H28N2O5/c1-3-17-18(21(26)29-13-14-8-5-4-6-9-14)19(24-22(27)23-17)15-10-7-11-16(12-15)20(25)28-2/h7,10-12,14,19H,3-6,8-9,13H2,1-2H3,(H2,23,24,27). The zero-order valence-corrected chi connectivity index (χ0v) is 17.0. The number of carbonyl (C=O) groups excluding carboxylic acids is 3. The molecule has 3 rings (SSSR count). The molecule has 1 aromatic carbocycles. The number of esters is 2. The van der Waals surface area contributed by atoms with E-state index in [1.165, 1.54) is 26.4 Å². The second-order valence-electron chi connectivity index (χ2n) is 7.50. The van der Waals surface area contributed by atoms with Crippen molar-refractivity contribution in [2.45, 2.75) is 51.5 Å². The summed E-state index contributed by atoms with van der Waals surface area (Å²) in [6, 6.07) is 5.64. The highest BCUT2D eigenvalue weighted by atomic mass is 16.5. The largest absolute Gasteiger partial charge is 0.465 e. The third kappa shape index (κ3) is 4.96. The van der Waals surface area contributed by atoms with Crippen LogP contribution in [0.4, 0.5) is 4.79 Å². The number of methoxy groups -OCH3 is 1. The number of hydrogen-bond acceptors (Lipinski definition) is 5. The SMILES string of the molecule is CCC1=C(C(=O)OCC2CCCCC2)C(c2cccc(C(=O)OC)c2)NC(=O)N1. The molecule has 1 aliphatic carbocycles. The van der Waals surface area contributed by atoms with Gasteiger partial charge in [-0.25, -0.2) is 14.4 Å². The number of benzene rings is 1. The van der Waals surface area contributed by atoms with Gasteiger partial charge in [0.15, 0.2) is 0 Å². The van der Waals surface area contributed by atoms with Crippen LogP contribution >= 0.6 is 0 Å². The van der Waals surface area contributed by atoms with E-state index < -0.39 is 18.0 Å². The lowest BCUT2D eigenvalue weighted by Crippen LogP contribution is -2.46. The highest BCUT2D eigenvalue weighted by Crippen LogP contribution is 2.30. The molecule has 29 heavy (non-hydrogen) atoms. The Morgan fingerprint density at radius 2 is 1.90 bits per heavy atom. The molecule has 1 fully saturated rings. The van der Waals surface area contributed by atoms with E-state index in [2.05, 4.69) is 10.6 Å². The maximum absolute atomic E-state index is 13.0. The summed E-state index contributed by atoms with van der Waals surface area (Å²) in [5.74, 6) is -0.521. The second-order valence-corrected chi connectivity index (χ2v) is 7.50. The summed E-state index contributed by atoms with van der Waals surface area (Å²) in [6.45, 7) is 2.26. The van der Waals surface area contributed by atoms with Crippen molar-refractivity contribution in [2.24, 2.45) is 5.92 Å². The summed E-state index contributed by atoms with van der Waals surface area (Å²) in [5, 5.41) is 5.51. The molecule has 1 aliphatic heterocycles. The third-order valence-electron chi connectivity index (χ3n) is 5.54. The Balaban J connectivity index is 1.86. The molecule has 0 radical (unpaired) electrons. The van der Waals surface area contributed by atoms with Crippen molar-refractivity contribution in [3.63, 3.8) is 0 Å². The van der Waals surface area contributed by atoms with Gasteiger partial charge >= 0.3 is 18.0 Å². The quantitative estimate of drug-likeness (QED) is 0.712. The fourth-order valence-electron chi connectivity index (χ4n) is 3.98. The monoisotopic (exact) mass is 400 g/mol. The molecule has 1 atom stereocenters. The Kier molecular flexibility index (Phi) is 6.90. The van der Waals surface area contributed by atoms with Crippen LogP contribution in [0.15, 0.2) is 35.5 Å². The number of ether oxygens (including phenoxy) is 2. The molecular weight excluding hydrogens is 372 g/mol. The molecule has 0 spiro atoms. The van der Waals surface area contributed by atoms with Crippen LogP contribution in [0.3, 0.4) is 0 Å². The molecule has 2 aliphatic rings. The first-order valence-corrected chi connectivity index (χ1v) is 10.2. The van der Waals surface area contributed by atoms with E-state index in [0.29, 0.717) is 41.3 Å². The molecule has 0 bridgehead atoms. The molecule has 0 aromatic heterocycles. The molecule has 1 aromatic rings. The number of nitrogens with one attached hydrogen (secondary N) is 2. The first-order valence-electron chi connectivity index (χ1n) is 10.2. The van der Waals surface area contributed by atoms with Gasteiger partial charge in [0, 0.05) is 5.70 Å². The summed E-state index contributed by atoms with van der Waals surface area (Å²) in [5.41, 5.74) is 1.89. The van der Waals surface area contributed by atoms with Crippen molar-refractivity contribution in [1.29, 1.82) is 0 Å². The van der Waals surface area contributed by atoms with Crippen LogP contribution in [0.25, 0.3) is 0 Å². The average molecular weight is 400 g/mol. The summed E-state index contributed by atoms with van der Waals surface area (Å²) in [7, 11) is 1.31. The predicted octanol–water partition coefficient (Wildman–Crippen LogP) is 3.61. The van der Waals surface area contributed by atoms with Crippen molar-refractivity contribution < 1.29 is 23.9 Å². The molecule has 7 heteroatoms. The van der Waals surface area contributed by atoms with Crippen LogP contribution in [0.5, 0.6) is 0 Å². The fourth-order valence-corrected chi connectivity index (χ4v) is 3.98. The van der Waals surface area contributed by atoms with Crippen LogP contribution in [-0.4, -0.2) is 31.7 Å². The Morgan fingerprint density at radius 3 is 2.59 bits per heavy atom. The van der Waals surface area contributed by atoms with E-state index >= 15 is 0 Å². The minimum Gasteiger partial charge on any atom is -0.465 e. The van der Waals surface area contributed by atoms with Crippen LogP contribution in [0.2, 0.25) is 0 Å². The first kappa shape index (κ1) is 20.9. The van der Waals surface area contributed by atoms with Crippen LogP contribution < -0.4 is 10.6 Å². The Labute approximate surface area is 170 Å². The molecule has 156 valence electrons. The predicted molar refractivity (Wildman–Crippen MR) is 107 cm³/mol. The van der Waals surface area contributed by atoms with Crippen molar-refractivity contribution in [2.75, 3.05) is 13.7 Å². The highest BCUT2D eigenvalue weighted by Gasteiger charge is 2.34. The van der Waals surface area contributed by atoms with E-state index in [9.17, 15) is 14.4 Å². The normalized spacial score (nSPS) is 19.9. The van der Waals surface area contributed by atoms with Gasteiger partial charge in [0.2, 0.25) is 0 Å². The molecule has 0 saturated heterocycles. The minimum absolute atomic E-state index is 0.353. The van der Waals surface area contributed by atoms with Crippen molar-refractivity contribution in [1.82, 2.24) is 10.6 Å². The van der Waals surface area contributed by atoms with Crippen LogP contribution in [-0.2, 0) is 14.3 Å². The Morgan fingerprint density at radius 1 is 1.14 bits per heavy atom. The van der Waals surface area contributed by atoms with Gasteiger partial charge in [0.05, 0.1) is 30.9 Å². The lowest BCUT2D eigenvalue weighted by Gasteiger charge is -2.30. The van der Waals surface area contributed by atoms with Crippen LogP contribution in [0.1, 0.15) is 67.4 Å². The smallest absolute Gasteiger partial charge is 0.338 e. The van der Waals surface area contributed by atoms with Crippen molar-refractivity contribution in [3.05, 3.63) is 46.7 Å². The van der Waals surface area contributed by atoms with E-state index in [-0.39, 0.29) is 6.03 Å². The molecule has 2 amide bonds. The lowest BCUT2D eigenvalue weighted by atomic mass is 9.90. The van der Waals surface area contributed by atoms with E-state index in [0.717, 1.165) is 12.8 Å². The highest BCUT2D eigenvalue weighted by molar-refractivity contribution is 5.95. The number of rotatable bonds is 6. The van der Waals surface area contributed by atoms with E-state index in [1.54, 1.807) is 24.3 Å². The minimum atomic E-state index is -0.692. The zero-order chi connectivity index (χ0) is 20.8. The first-order chi connectivity index (χ1) is 14.0. The maximum atomic E-state index is 13.0. The summed E-state index contributed by atoms with van der Waals surface area (Å²) in [4.78, 5) is 37.1. The molecule has 1 heterocycles. The molecule has 1 saturated carbocycles. The van der Waals surface area contributed by atoms with Gasteiger partial charge in [0.25, 0.3) is 0 Å². The van der Waals surface area contributed by atoms with Crippen molar-refractivity contribution in [3.8, 4) is 0 Å². The van der Waals surface area contributed by atoms with Gasteiger partial charge in [-0.15, -0.1) is 0 Å². The molecule has 1 unspecified atom stereocenters. The number of hydrogen-bond donors (Lipinski definition) is 2. The maximum Gasteiger partial charge on any atom is 0.338 e.